The minimum Gasteiger partial charge on any atom is -0.379 e. The number of ether oxygens (including phenoxy) is 2. The molecular weight excluding hydrogens is 262 g/mol. The second kappa shape index (κ2) is 13.5. The van der Waals surface area contributed by atoms with Crippen molar-refractivity contribution in [2.75, 3.05) is 39.5 Å². The zero-order chi connectivity index (χ0) is 15.2. The topological polar surface area (TPSA) is 21.7 Å². The zero-order valence-corrected chi connectivity index (χ0v) is 14.4. The van der Waals surface area contributed by atoms with E-state index < -0.39 is 0 Å². The summed E-state index contributed by atoms with van der Waals surface area (Å²) in [6, 6.07) is 0. The zero-order valence-electron chi connectivity index (χ0n) is 14.4. The number of hydrogen-bond acceptors (Lipinski definition) is 3. The van der Waals surface area contributed by atoms with Crippen LogP contribution in [0, 0.1) is 0 Å². The van der Waals surface area contributed by atoms with Gasteiger partial charge in [0.15, 0.2) is 0 Å². The molecule has 3 heteroatoms. The molecule has 0 amide bonds. The molecule has 1 rings (SSSR count). The number of rotatable bonds is 13. The van der Waals surface area contributed by atoms with E-state index in [2.05, 4.69) is 18.7 Å². The molecule has 1 saturated heterocycles. The molecule has 0 radical (unpaired) electrons. The minimum atomic E-state index is 0.501. The first-order chi connectivity index (χ1) is 10.4. The van der Waals surface area contributed by atoms with E-state index in [-0.39, 0.29) is 0 Å². The predicted octanol–water partition coefficient (Wildman–Crippen LogP) is 4.25. The van der Waals surface area contributed by atoms with Crippen LogP contribution in [-0.2, 0) is 9.47 Å². The highest BCUT2D eigenvalue weighted by atomic mass is 16.5. The summed E-state index contributed by atoms with van der Waals surface area (Å²) in [7, 11) is 0. The van der Waals surface area contributed by atoms with Gasteiger partial charge in [0.1, 0.15) is 0 Å². The molecule has 0 aromatic heterocycles. The third-order valence-electron chi connectivity index (χ3n) is 4.32. The van der Waals surface area contributed by atoms with Crippen LogP contribution in [0.15, 0.2) is 0 Å². The van der Waals surface area contributed by atoms with Crippen LogP contribution >= 0.6 is 0 Å². The molecule has 3 nitrogen and oxygen atoms in total. The first-order valence-corrected chi connectivity index (χ1v) is 9.28. The van der Waals surface area contributed by atoms with Crippen LogP contribution in [0.3, 0.4) is 0 Å². The average Bonchev–Trinajstić information content (AvgIpc) is 2.52. The van der Waals surface area contributed by atoms with Gasteiger partial charge in [-0.05, 0) is 19.3 Å². The molecule has 1 unspecified atom stereocenters. The summed E-state index contributed by atoms with van der Waals surface area (Å²) >= 11 is 0. The number of morpholine rings is 1. The van der Waals surface area contributed by atoms with Crippen LogP contribution in [0.4, 0.5) is 0 Å². The van der Waals surface area contributed by atoms with Gasteiger partial charge in [-0.1, -0.05) is 52.4 Å². The van der Waals surface area contributed by atoms with Crippen LogP contribution in [0.1, 0.15) is 71.6 Å². The Kier molecular flexibility index (Phi) is 12.2. The first-order valence-electron chi connectivity index (χ1n) is 9.28. The van der Waals surface area contributed by atoms with Crippen LogP contribution in [0.2, 0.25) is 0 Å². The van der Waals surface area contributed by atoms with Gasteiger partial charge >= 0.3 is 0 Å². The molecule has 0 N–H and O–H groups in total. The molecule has 1 heterocycles. The largest absolute Gasteiger partial charge is 0.379 e. The van der Waals surface area contributed by atoms with E-state index in [0.717, 1.165) is 39.3 Å². The maximum absolute atomic E-state index is 6.12. The normalized spacial score (nSPS) is 18.0. The second-order valence-electron chi connectivity index (χ2n) is 6.29. The summed E-state index contributed by atoms with van der Waals surface area (Å²) in [6.45, 7) is 10.6. The van der Waals surface area contributed by atoms with Gasteiger partial charge in [0.2, 0.25) is 0 Å². The van der Waals surface area contributed by atoms with Crippen molar-refractivity contribution >= 4 is 0 Å². The second-order valence-corrected chi connectivity index (χ2v) is 6.29. The monoisotopic (exact) mass is 299 g/mol. The molecule has 1 aliphatic heterocycles. The van der Waals surface area contributed by atoms with Crippen molar-refractivity contribution in [3.63, 3.8) is 0 Å². The van der Waals surface area contributed by atoms with Gasteiger partial charge in [-0.2, -0.15) is 0 Å². The smallest absolute Gasteiger partial charge is 0.0594 e. The van der Waals surface area contributed by atoms with Gasteiger partial charge in [0, 0.05) is 26.2 Å². The van der Waals surface area contributed by atoms with Crippen molar-refractivity contribution in [1.29, 1.82) is 0 Å². The van der Waals surface area contributed by atoms with E-state index in [9.17, 15) is 0 Å². The Hall–Kier alpha value is -0.120. The van der Waals surface area contributed by atoms with Gasteiger partial charge in [-0.3, -0.25) is 4.90 Å². The molecule has 0 spiro atoms. The highest BCUT2D eigenvalue weighted by Gasteiger charge is 2.11. The highest BCUT2D eigenvalue weighted by Crippen LogP contribution is 2.14. The Morgan fingerprint density at radius 3 is 2.38 bits per heavy atom. The van der Waals surface area contributed by atoms with Crippen LogP contribution in [0.5, 0.6) is 0 Å². The number of hydrogen-bond donors (Lipinski definition) is 0. The van der Waals surface area contributed by atoms with E-state index >= 15 is 0 Å². The molecule has 0 aromatic rings. The van der Waals surface area contributed by atoms with Gasteiger partial charge in [-0.15, -0.1) is 0 Å². The van der Waals surface area contributed by atoms with Crippen molar-refractivity contribution in [3.05, 3.63) is 0 Å². The van der Waals surface area contributed by atoms with Crippen molar-refractivity contribution in [1.82, 2.24) is 4.90 Å². The Morgan fingerprint density at radius 1 is 0.905 bits per heavy atom. The summed E-state index contributed by atoms with van der Waals surface area (Å²) in [5, 5.41) is 0. The molecule has 126 valence electrons. The third kappa shape index (κ3) is 10.3. The lowest BCUT2D eigenvalue weighted by Crippen LogP contribution is -2.37. The summed E-state index contributed by atoms with van der Waals surface area (Å²) in [5.41, 5.74) is 0. The molecular formula is C18H37NO2. The van der Waals surface area contributed by atoms with Crippen molar-refractivity contribution in [2.45, 2.75) is 77.7 Å². The van der Waals surface area contributed by atoms with Crippen molar-refractivity contribution in [3.8, 4) is 0 Å². The molecule has 0 aromatic carbocycles. The van der Waals surface area contributed by atoms with Crippen LogP contribution < -0.4 is 0 Å². The summed E-state index contributed by atoms with van der Waals surface area (Å²) in [5.74, 6) is 0. The molecule has 0 bridgehead atoms. The molecule has 0 aliphatic carbocycles. The Bertz CT molecular complexity index is 217. The Morgan fingerprint density at radius 2 is 1.67 bits per heavy atom. The first kappa shape index (κ1) is 18.9. The van der Waals surface area contributed by atoms with Gasteiger partial charge in [0.05, 0.1) is 19.3 Å². The SMILES string of the molecule is CCCCCCCC(CCC)OCCCN1CCOCC1. The molecule has 0 saturated carbocycles. The Labute approximate surface area is 132 Å². The van der Waals surface area contributed by atoms with Crippen molar-refractivity contribution in [2.24, 2.45) is 0 Å². The fourth-order valence-electron chi connectivity index (χ4n) is 2.97. The molecule has 1 aliphatic rings. The third-order valence-corrected chi connectivity index (χ3v) is 4.32. The van der Waals surface area contributed by atoms with E-state index in [1.807, 2.05) is 0 Å². The van der Waals surface area contributed by atoms with Gasteiger partial charge in [-0.25, -0.2) is 0 Å². The molecule has 21 heavy (non-hydrogen) atoms. The fourth-order valence-corrected chi connectivity index (χ4v) is 2.97. The number of nitrogens with zero attached hydrogens (tertiary/aromatic N) is 1. The Balaban J connectivity index is 2.01. The van der Waals surface area contributed by atoms with Gasteiger partial charge < -0.3 is 9.47 Å². The van der Waals surface area contributed by atoms with E-state index in [0.29, 0.717) is 6.10 Å². The summed E-state index contributed by atoms with van der Waals surface area (Å²) < 4.78 is 11.5. The standard InChI is InChI=1S/C18H37NO2/c1-3-5-6-7-8-11-18(10-4-2)21-15-9-12-19-13-16-20-17-14-19/h18H,3-17H2,1-2H3. The lowest BCUT2D eigenvalue weighted by molar-refractivity contribution is 0.0155. The highest BCUT2D eigenvalue weighted by molar-refractivity contribution is 4.63. The number of unbranched alkanes of at least 4 members (excludes halogenated alkanes) is 4. The molecule has 1 fully saturated rings. The van der Waals surface area contributed by atoms with Crippen molar-refractivity contribution < 1.29 is 9.47 Å². The summed E-state index contributed by atoms with van der Waals surface area (Å²) in [6.07, 6.45) is 12.2. The predicted molar refractivity (Wildman–Crippen MR) is 89.9 cm³/mol. The lowest BCUT2D eigenvalue weighted by Gasteiger charge is -2.26. The summed E-state index contributed by atoms with van der Waals surface area (Å²) in [4.78, 5) is 2.49. The van der Waals surface area contributed by atoms with Crippen LogP contribution in [-0.4, -0.2) is 50.5 Å². The maximum atomic E-state index is 6.12. The quantitative estimate of drug-likeness (QED) is 0.474. The average molecular weight is 299 g/mol. The minimum absolute atomic E-state index is 0.501. The maximum Gasteiger partial charge on any atom is 0.0594 e. The van der Waals surface area contributed by atoms with Gasteiger partial charge in [0.25, 0.3) is 0 Å². The van der Waals surface area contributed by atoms with E-state index in [4.69, 9.17) is 9.47 Å². The van der Waals surface area contributed by atoms with Crippen LogP contribution in [0.25, 0.3) is 0 Å². The fraction of sp³-hybridized carbons (Fsp3) is 1.00. The lowest BCUT2D eigenvalue weighted by atomic mass is 10.1. The van der Waals surface area contributed by atoms with E-state index in [1.165, 1.54) is 57.9 Å². The van der Waals surface area contributed by atoms with E-state index in [1.54, 1.807) is 0 Å². The molecule has 1 atom stereocenters.